The molecule has 2 aliphatic rings. The third kappa shape index (κ3) is 1.63. The molecule has 1 atom stereocenters. The number of β-amino-alcohol motifs (C(OH)–C–C–N with tert-alkyl or cyclic N) is 1. The summed E-state index contributed by atoms with van der Waals surface area (Å²) in [4.78, 5) is 2.32. The van der Waals surface area contributed by atoms with Crippen LogP contribution in [-0.4, -0.2) is 48.0 Å². The van der Waals surface area contributed by atoms with E-state index >= 15 is 0 Å². The highest BCUT2D eigenvalue weighted by Crippen LogP contribution is 2.25. The van der Waals surface area contributed by atoms with Crippen molar-refractivity contribution in [3.63, 3.8) is 0 Å². The van der Waals surface area contributed by atoms with Gasteiger partial charge in [0.2, 0.25) is 0 Å². The number of aliphatic hydroxyl groups is 1. The van der Waals surface area contributed by atoms with E-state index in [0.717, 1.165) is 26.3 Å². The quantitative estimate of drug-likeness (QED) is 0.613. The van der Waals surface area contributed by atoms with Gasteiger partial charge >= 0.3 is 0 Å². The fraction of sp³-hybridized carbons (Fsp3) is 1.00. The highest BCUT2D eigenvalue weighted by atomic mass is 16.5. The van der Waals surface area contributed by atoms with Crippen LogP contribution in [0, 0.1) is 0 Å². The molecule has 1 N–H and O–H groups in total. The number of hydrogen-bond acceptors (Lipinski definition) is 3. The fourth-order valence-corrected chi connectivity index (χ4v) is 2.10. The van der Waals surface area contributed by atoms with E-state index < -0.39 is 5.60 Å². The lowest BCUT2D eigenvalue weighted by atomic mass is 9.93. The molecule has 12 heavy (non-hydrogen) atoms. The van der Waals surface area contributed by atoms with Crippen molar-refractivity contribution < 1.29 is 9.84 Å². The van der Waals surface area contributed by atoms with Crippen molar-refractivity contribution in [2.45, 2.75) is 31.4 Å². The Hall–Kier alpha value is -0.120. The minimum atomic E-state index is -0.433. The Labute approximate surface area is 73.3 Å². The van der Waals surface area contributed by atoms with Crippen LogP contribution in [-0.2, 0) is 4.74 Å². The molecule has 0 bridgehead atoms. The highest BCUT2D eigenvalue weighted by Gasteiger charge is 2.40. The Morgan fingerprint density at radius 2 is 2.25 bits per heavy atom. The second-order valence-electron chi connectivity index (χ2n) is 4.27. The van der Waals surface area contributed by atoms with Crippen LogP contribution in [0.25, 0.3) is 0 Å². The lowest BCUT2D eigenvalue weighted by Gasteiger charge is -2.49. The van der Waals surface area contributed by atoms with Crippen molar-refractivity contribution in [3.8, 4) is 0 Å². The van der Waals surface area contributed by atoms with Crippen molar-refractivity contribution in [1.82, 2.24) is 4.90 Å². The van der Waals surface area contributed by atoms with E-state index in [1.54, 1.807) is 0 Å². The lowest BCUT2D eigenvalue weighted by molar-refractivity contribution is -0.123. The summed E-state index contributed by atoms with van der Waals surface area (Å²) >= 11 is 0. The summed E-state index contributed by atoms with van der Waals surface area (Å²) in [5.41, 5.74) is -0.433. The van der Waals surface area contributed by atoms with Crippen LogP contribution in [0.3, 0.4) is 0 Å². The molecule has 2 rings (SSSR count). The Balaban J connectivity index is 1.79. The lowest BCUT2D eigenvalue weighted by Crippen LogP contribution is -2.64. The fourth-order valence-electron chi connectivity index (χ4n) is 2.10. The number of likely N-dealkylation sites (tertiary alicyclic amines) is 1. The molecule has 3 heteroatoms. The standard InChI is InChI=1S/C9H17NO2/c1-9(11)6-10(7-9)8-3-2-4-12-5-8/h8,11H,2-7H2,1H3. The summed E-state index contributed by atoms with van der Waals surface area (Å²) in [6.07, 6.45) is 2.40. The average molecular weight is 171 g/mol. The molecule has 3 nitrogen and oxygen atoms in total. The third-order valence-corrected chi connectivity index (χ3v) is 2.74. The second kappa shape index (κ2) is 2.98. The van der Waals surface area contributed by atoms with E-state index in [1.165, 1.54) is 12.8 Å². The molecule has 0 saturated carbocycles. The van der Waals surface area contributed by atoms with Gasteiger partial charge in [-0.3, -0.25) is 4.90 Å². The molecule has 70 valence electrons. The van der Waals surface area contributed by atoms with Crippen molar-refractivity contribution in [1.29, 1.82) is 0 Å². The van der Waals surface area contributed by atoms with Crippen LogP contribution in [0.1, 0.15) is 19.8 Å². The molecule has 2 fully saturated rings. The van der Waals surface area contributed by atoms with Gasteiger partial charge in [0, 0.05) is 25.7 Å². The summed E-state index contributed by atoms with van der Waals surface area (Å²) < 4.78 is 5.38. The summed E-state index contributed by atoms with van der Waals surface area (Å²) in [6, 6.07) is 0.568. The molecular formula is C9H17NO2. The third-order valence-electron chi connectivity index (χ3n) is 2.74. The minimum Gasteiger partial charge on any atom is -0.388 e. The van der Waals surface area contributed by atoms with Crippen LogP contribution >= 0.6 is 0 Å². The number of rotatable bonds is 1. The Morgan fingerprint density at radius 3 is 2.75 bits per heavy atom. The van der Waals surface area contributed by atoms with E-state index in [2.05, 4.69) is 4.90 Å². The summed E-state index contributed by atoms with van der Waals surface area (Å²) in [7, 11) is 0. The van der Waals surface area contributed by atoms with E-state index in [9.17, 15) is 5.11 Å². The molecule has 0 spiro atoms. The normalized spacial score (nSPS) is 36.0. The van der Waals surface area contributed by atoms with Crippen molar-refractivity contribution in [3.05, 3.63) is 0 Å². The molecule has 2 saturated heterocycles. The summed E-state index contributed by atoms with van der Waals surface area (Å²) in [6.45, 7) is 5.31. The molecule has 2 heterocycles. The molecule has 0 aliphatic carbocycles. The SMILES string of the molecule is CC1(O)CN(C2CCCOC2)C1. The van der Waals surface area contributed by atoms with Crippen LogP contribution in [0.2, 0.25) is 0 Å². The van der Waals surface area contributed by atoms with E-state index in [-0.39, 0.29) is 0 Å². The van der Waals surface area contributed by atoms with Gasteiger partial charge in [-0.2, -0.15) is 0 Å². The van der Waals surface area contributed by atoms with Crippen LogP contribution in [0.4, 0.5) is 0 Å². The smallest absolute Gasteiger partial charge is 0.0872 e. The predicted octanol–water partition coefficient (Wildman–Crippen LogP) is 0.232. The predicted molar refractivity (Wildman–Crippen MR) is 46.0 cm³/mol. The Kier molecular flexibility index (Phi) is 2.10. The van der Waals surface area contributed by atoms with Crippen LogP contribution in [0.5, 0.6) is 0 Å². The molecule has 2 aliphatic heterocycles. The van der Waals surface area contributed by atoms with Gasteiger partial charge in [0.1, 0.15) is 0 Å². The van der Waals surface area contributed by atoms with E-state index in [1.807, 2.05) is 6.92 Å². The topological polar surface area (TPSA) is 32.7 Å². The zero-order chi connectivity index (χ0) is 8.60. The van der Waals surface area contributed by atoms with Crippen LogP contribution in [0.15, 0.2) is 0 Å². The first-order valence-electron chi connectivity index (χ1n) is 4.72. The first kappa shape index (κ1) is 8.48. The van der Waals surface area contributed by atoms with Crippen molar-refractivity contribution in [2.75, 3.05) is 26.3 Å². The zero-order valence-electron chi connectivity index (χ0n) is 7.62. The molecule has 1 unspecified atom stereocenters. The molecule has 0 radical (unpaired) electrons. The number of ether oxygens (including phenoxy) is 1. The molecule has 0 aromatic rings. The maximum atomic E-state index is 9.53. The Bertz CT molecular complexity index is 156. The van der Waals surface area contributed by atoms with Crippen LogP contribution < -0.4 is 0 Å². The summed E-state index contributed by atoms with van der Waals surface area (Å²) in [5, 5.41) is 9.53. The summed E-state index contributed by atoms with van der Waals surface area (Å²) in [5.74, 6) is 0. The number of nitrogens with zero attached hydrogens (tertiary/aromatic N) is 1. The number of hydrogen-bond donors (Lipinski definition) is 1. The first-order valence-corrected chi connectivity index (χ1v) is 4.72. The largest absolute Gasteiger partial charge is 0.388 e. The molecular weight excluding hydrogens is 154 g/mol. The van der Waals surface area contributed by atoms with Gasteiger partial charge in [-0.15, -0.1) is 0 Å². The molecule has 0 amide bonds. The van der Waals surface area contributed by atoms with Gasteiger partial charge in [0.25, 0.3) is 0 Å². The molecule has 0 aromatic heterocycles. The zero-order valence-corrected chi connectivity index (χ0v) is 7.62. The minimum absolute atomic E-state index is 0.433. The molecule has 0 aromatic carbocycles. The van der Waals surface area contributed by atoms with Gasteiger partial charge in [0.15, 0.2) is 0 Å². The van der Waals surface area contributed by atoms with Gasteiger partial charge in [0.05, 0.1) is 12.2 Å². The van der Waals surface area contributed by atoms with Gasteiger partial charge < -0.3 is 9.84 Å². The van der Waals surface area contributed by atoms with Gasteiger partial charge in [-0.1, -0.05) is 0 Å². The van der Waals surface area contributed by atoms with Crippen molar-refractivity contribution >= 4 is 0 Å². The van der Waals surface area contributed by atoms with E-state index in [0.29, 0.717) is 6.04 Å². The monoisotopic (exact) mass is 171 g/mol. The Morgan fingerprint density at radius 1 is 1.50 bits per heavy atom. The van der Waals surface area contributed by atoms with Gasteiger partial charge in [-0.25, -0.2) is 0 Å². The van der Waals surface area contributed by atoms with E-state index in [4.69, 9.17) is 4.74 Å². The highest BCUT2D eigenvalue weighted by molar-refractivity contribution is 4.95. The maximum Gasteiger partial charge on any atom is 0.0872 e. The van der Waals surface area contributed by atoms with Crippen molar-refractivity contribution in [2.24, 2.45) is 0 Å². The average Bonchev–Trinajstić information content (AvgIpc) is 2.02. The van der Waals surface area contributed by atoms with Gasteiger partial charge in [-0.05, 0) is 19.8 Å². The maximum absolute atomic E-state index is 9.53. The first-order chi connectivity index (χ1) is 5.67. The second-order valence-corrected chi connectivity index (χ2v) is 4.27.